The summed E-state index contributed by atoms with van der Waals surface area (Å²) < 4.78 is 0. The number of benzene rings is 3. The zero-order valence-electron chi connectivity index (χ0n) is 11.3. The maximum absolute atomic E-state index is 3.12. The topological polar surface area (TPSA) is 15.8 Å². The minimum absolute atomic E-state index is 0. The highest BCUT2D eigenvalue weighted by atomic mass is 31.0. The van der Waals surface area contributed by atoms with Crippen molar-refractivity contribution in [2.75, 3.05) is 0 Å². The van der Waals surface area contributed by atoms with Crippen LogP contribution in [0.5, 0.6) is 0 Å². The summed E-state index contributed by atoms with van der Waals surface area (Å²) in [7, 11) is 0. The summed E-state index contributed by atoms with van der Waals surface area (Å²) in [6, 6.07) is 27.0. The SMILES string of the molecule is P.c1ccc2[nH]ccc2c1.c1ccc2ccccc2c1. The minimum Gasteiger partial charge on any atom is -0.361 e. The Morgan fingerprint density at radius 2 is 0.950 bits per heavy atom. The first-order chi connectivity index (χ1) is 9.43. The zero-order chi connectivity index (χ0) is 12.9. The number of hydrogen-bond donors (Lipinski definition) is 1. The normalized spacial score (nSPS) is 9.60. The summed E-state index contributed by atoms with van der Waals surface area (Å²) in [5.74, 6) is 0. The van der Waals surface area contributed by atoms with Crippen LogP contribution in [-0.4, -0.2) is 4.98 Å². The lowest BCUT2D eigenvalue weighted by molar-refractivity contribution is 1.48. The first-order valence-corrected chi connectivity index (χ1v) is 6.39. The highest BCUT2D eigenvalue weighted by Crippen LogP contribution is 2.11. The third kappa shape index (κ3) is 3.26. The third-order valence-corrected chi connectivity index (χ3v) is 3.12. The Kier molecular flexibility index (Phi) is 4.92. The number of aromatic nitrogens is 1. The summed E-state index contributed by atoms with van der Waals surface area (Å²) in [4.78, 5) is 3.12. The second-order valence-electron chi connectivity index (χ2n) is 4.41. The highest BCUT2D eigenvalue weighted by Gasteiger charge is 1.87. The standard InChI is InChI=1S/C10H8.C8H7N.H3P/c1-2-6-10-8-4-3-7-9(10)5-1;1-2-4-8-7(3-1)5-6-9-8;/h1-8H;1-6,9H;1H3. The van der Waals surface area contributed by atoms with Gasteiger partial charge in [0.25, 0.3) is 0 Å². The molecule has 1 heterocycles. The predicted octanol–water partition coefficient (Wildman–Crippen LogP) is 5.07. The quantitative estimate of drug-likeness (QED) is 0.433. The first kappa shape index (κ1) is 14.3. The molecule has 1 aromatic heterocycles. The number of hydrogen-bond acceptors (Lipinski definition) is 0. The summed E-state index contributed by atoms with van der Waals surface area (Å²) in [6.45, 7) is 0. The van der Waals surface area contributed by atoms with E-state index in [1.54, 1.807) is 0 Å². The summed E-state index contributed by atoms with van der Waals surface area (Å²) in [5, 5.41) is 3.90. The van der Waals surface area contributed by atoms with Crippen molar-refractivity contribution in [1.29, 1.82) is 0 Å². The molecule has 20 heavy (non-hydrogen) atoms. The van der Waals surface area contributed by atoms with Gasteiger partial charge in [0, 0.05) is 11.7 Å². The van der Waals surface area contributed by atoms with Crippen LogP contribution in [0.2, 0.25) is 0 Å². The van der Waals surface area contributed by atoms with Gasteiger partial charge in [0.05, 0.1) is 0 Å². The molecule has 4 rings (SSSR count). The van der Waals surface area contributed by atoms with Gasteiger partial charge in [-0.05, 0) is 28.3 Å². The fourth-order valence-corrected chi connectivity index (χ4v) is 2.13. The molecular weight excluding hydrogens is 261 g/mol. The van der Waals surface area contributed by atoms with Crippen molar-refractivity contribution in [2.45, 2.75) is 0 Å². The average Bonchev–Trinajstić information content (AvgIpc) is 2.96. The van der Waals surface area contributed by atoms with Gasteiger partial charge in [0.15, 0.2) is 0 Å². The van der Waals surface area contributed by atoms with Crippen LogP contribution in [0.3, 0.4) is 0 Å². The maximum Gasteiger partial charge on any atom is 0.0453 e. The van der Waals surface area contributed by atoms with Crippen molar-refractivity contribution in [3.63, 3.8) is 0 Å². The highest BCUT2D eigenvalue weighted by molar-refractivity contribution is 6.92. The molecule has 1 atom stereocenters. The lowest BCUT2D eigenvalue weighted by Crippen LogP contribution is -1.67. The van der Waals surface area contributed by atoms with Crippen LogP contribution in [0.4, 0.5) is 0 Å². The van der Waals surface area contributed by atoms with Crippen LogP contribution in [-0.2, 0) is 0 Å². The van der Waals surface area contributed by atoms with Gasteiger partial charge < -0.3 is 4.98 Å². The van der Waals surface area contributed by atoms with E-state index in [1.165, 1.54) is 21.7 Å². The molecule has 0 saturated carbocycles. The molecule has 0 amide bonds. The van der Waals surface area contributed by atoms with E-state index in [2.05, 4.69) is 71.7 Å². The molecule has 0 aliphatic carbocycles. The van der Waals surface area contributed by atoms with Gasteiger partial charge in [-0.15, -0.1) is 0 Å². The number of rotatable bonds is 0. The van der Waals surface area contributed by atoms with Crippen LogP contribution in [0.15, 0.2) is 85.1 Å². The largest absolute Gasteiger partial charge is 0.361 e. The summed E-state index contributed by atoms with van der Waals surface area (Å²) in [5.41, 5.74) is 1.21. The Morgan fingerprint density at radius 3 is 1.45 bits per heavy atom. The van der Waals surface area contributed by atoms with Gasteiger partial charge >= 0.3 is 0 Å². The Balaban J connectivity index is 0.000000141. The number of nitrogens with one attached hydrogen (secondary N) is 1. The van der Waals surface area contributed by atoms with Crippen LogP contribution in [0.1, 0.15) is 0 Å². The van der Waals surface area contributed by atoms with Crippen molar-refractivity contribution < 1.29 is 0 Å². The molecule has 0 aliphatic rings. The fourth-order valence-electron chi connectivity index (χ4n) is 2.13. The molecule has 0 bridgehead atoms. The number of H-pyrrole nitrogens is 1. The molecule has 0 aliphatic heterocycles. The molecule has 0 spiro atoms. The van der Waals surface area contributed by atoms with E-state index < -0.39 is 0 Å². The molecule has 1 nitrogen and oxygen atoms in total. The van der Waals surface area contributed by atoms with Crippen LogP contribution in [0, 0.1) is 0 Å². The van der Waals surface area contributed by atoms with E-state index in [-0.39, 0.29) is 9.90 Å². The van der Waals surface area contributed by atoms with Gasteiger partial charge in [0.1, 0.15) is 0 Å². The summed E-state index contributed by atoms with van der Waals surface area (Å²) in [6.07, 6.45) is 1.95. The first-order valence-electron chi connectivity index (χ1n) is 6.39. The molecular formula is C18H18NP. The Labute approximate surface area is 122 Å². The Morgan fingerprint density at radius 1 is 0.500 bits per heavy atom. The molecule has 0 saturated heterocycles. The fraction of sp³-hybridized carbons (Fsp3) is 0. The number of fused-ring (bicyclic) bond motifs is 2. The predicted molar refractivity (Wildman–Crippen MR) is 93.4 cm³/mol. The van der Waals surface area contributed by atoms with E-state index in [4.69, 9.17) is 0 Å². The van der Waals surface area contributed by atoms with Crippen LogP contribution in [0.25, 0.3) is 21.7 Å². The van der Waals surface area contributed by atoms with Gasteiger partial charge in [-0.2, -0.15) is 9.90 Å². The van der Waals surface area contributed by atoms with Gasteiger partial charge in [-0.3, -0.25) is 0 Å². The molecule has 3 aromatic carbocycles. The van der Waals surface area contributed by atoms with Crippen molar-refractivity contribution in [3.8, 4) is 0 Å². The molecule has 4 aromatic rings. The molecule has 1 N–H and O–H groups in total. The second kappa shape index (κ2) is 6.88. The molecule has 0 fully saturated rings. The van der Waals surface area contributed by atoms with Gasteiger partial charge in [-0.1, -0.05) is 66.7 Å². The monoisotopic (exact) mass is 279 g/mol. The van der Waals surface area contributed by atoms with E-state index in [9.17, 15) is 0 Å². The van der Waals surface area contributed by atoms with Crippen molar-refractivity contribution in [3.05, 3.63) is 85.1 Å². The zero-order valence-corrected chi connectivity index (χ0v) is 12.7. The van der Waals surface area contributed by atoms with E-state index in [0.29, 0.717) is 0 Å². The van der Waals surface area contributed by atoms with E-state index in [0.717, 1.165) is 0 Å². The molecule has 0 radical (unpaired) electrons. The number of para-hydroxylation sites is 1. The van der Waals surface area contributed by atoms with Crippen molar-refractivity contribution >= 4 is 31.6 Å². The van der Waals surface area contributed by atoms with Crippen LogP contribution >= 0.6 is 9.90 Å². The average molecular weight is 279 g/mol. The molecule has 1 unspecified atom stereocenters. The lowest BCUT2D eigenvalue weighted by atomic mass is 10.1. The lowest BCUT2D eigenvalue weighted by Gasteiger charge is -1.92. The van der Waals surface area contributed by atoms with Crippen LogP contribution < -0.4 is 0 Å². The minimum atomic E-state index is 0. The maximum atomic E-state index is 3.12. The third-order valence-electron chi connectivity index (χ3n) is 3.12. The smallest absolute Gasteiger partial charge is 0.0453 e. The summed E-state index contributed by atoms with van der Waals surface area (Å²) >= 11 is 0. The molecule has 2 heteroatoms. The number of aromatic amines is 1. The molecule has 100 valence electrons. The van der Waals surface area contributed by atoms with Crippen molar-refractivity contribution in [2.24, 2.45) is 0 Å². The Hall–Kier alpha value is -2.11. The Bertz CT molecular complexity index is 694. The van der Waals surface area contributed by atoms with Gasteiger partial charge in [0.2, 0.25) is 0 Å². The van der Waals surface area contributed by atoms with E-state index in [1.807, 2.05) is 18.3 Å². The van der Waals surface area contributed by atoms with Gasteiger partial charge in [-0.25, -0.2) is 0 Å². The van der Waals surface area contributed by atoms with Crippen molar-refractivity contribution in [1.82, 2.24) is 4.98 Å². The van der Waals surface area contributed by atoms with E-state index >= 15 is 0 Å². The second-order valence-corrected chi connectivity index (χ2v) is 4.41.